The Bertz CT molecular complexity index is 666. The zero-order valence-corrected chi connectivity index (χ0v) is 14.0. The van der Waals surface area contributed by atoms with E-state index in [1.807, 2.05) is 29.3 Å². The van der Waals surface area contributed by atoms with E-state index in [4.69, 9.17) is 4.52 Å². The molecule has 3 rings (SSSR count). The lowest BCUT2D eigenvalue weighted by molar-refractivity contribution is 0.112. The van der Waals surface area contributed by atoms with Gasteiger partial charge in [0.15, 0.2) is 5.82 Å². The summed E-state index contributed by atoms with van der Waals surface area (Å²) in [5.41, 5.74) is 1.06. The maximum atomic E-state index is 12.2. The average Bonchev–Trinajstić information content (AvgIpc) is 3.05. The molecule has 0 bridgehead atoms. The first-order valence-electron chi connectivity index (χ1n) is 8.10. The molecule has 0 radical (unpaired) electrons. The zero-order chi connectivity index (χ0) is 16.9. The molecule has 8 nitrogen and oxygen atoms in total. The lowest BCUT2D eigenvalue weighted by Gasteiger charge is -2.37. The van der Waals surface area contributed by atoms with Crippen molar-refractivity contribution in [2.24, 2.45) is 0 Å². The van der Waals surface area contributed by atoms with Crippen LogP contribution in [-0.2, 0) is 6.54 Å². The molecule has 0 unspecified atom stereocenters. The maximum absolute atomic E-state index is 12.2. The number of aryl methyl sites for hydroxylation is 1. The van der Waals surface area contributed by atoms with Gasteiger partial charge in [-0.15, -0.1) is 0 Å². The first-order valence-corrected chi connectivity index (χ1v) is 8.10. The van der Waals surface area contributed by atoms with Crippen molar-refractivity contribution < 1.29 is 9.32 Å². The molecular weight excluding hydrogens is 308 g/mol. The molecule has 2 aromatic heterocycles. The van der Waals surface area contributed by atoms with Crippen molar-refractivity contribution in [1.29, 1.82) is 0 Å². The largest absolute Gasteiger partial charge is 0.337 e. The Morgan fingerprint density at radius 2 is 2.12 bits per heavy atom. The van der Waals surface area contributed by atoms with E-state index in [9.17, 15) is 4.79 Å². The van der Waals surface area contributed by atoms with Gasteiger partial charge in [0.1, 0.15) is 0 Å². The Kier molecular flexibility index (Phi) is 5.05. The van der Waals surface area contributed by atoms with Crippen LogP contribution in [-0.4, -0.2) is 57.1 Å². The minimum absolute atomic E-state index is 0.101. The van der Waals surface area contributed by atoms with Crippen LogP contribution in [0.15, 0.2) is 28.9 Å². The summed E-state index contributed by atoms with van der Waals surface area (Å²) in [4.78, 5) is 24.9. The Hall–Kier alpha value is -2.48. The molecule has 24 heavy (non-hydrogen) atoms. The summed E-state index contributed by atoms with van der Waals surface area (Å²) >= 11 is 0. The number of rotatable bonds is 4. The first-order chi connectivity index (χ1) is 11.6. The van der Waals surface area contributed by atoms with E-state index < -0.39 is 0 Å². The SMILES string of the molecule is Cc1noc(CNC(=O)N2CCN([C@H](C)c3ccccn3)CC2)n1. The Morgan fingerprint density at radius 3 is 2.75 bits per heavy atom. The van der Waals surface area contributed by atoms with Crippen LogP contribution in [0.5, 0.6) is 0 Å². The van der Waals surface area contributed by atoms with Gasteiger partial charge in [0.2, 0.25) is 5.89 Å². The number of piperazine rings is 1. The molecule has 1 atom stereocenters. The first kappa shape index (κ1) is 16.4. The highest BCUT2D eigenvalue weighted by Crippen LogP contribution is 2.19. The van der Waals surface area contributed by atoms with Gasteiger partial charge in [-0.25, -0.2) is 4.79 Å². The zero-order valence-electron chi connectivity index (χ0n) is 14.0. The van der Waals surface area contributed by atoms with Gasteiger partial charge < -0.3 is 14.7 Å². The Labute approximate surface area is 140 Å². The quantitative estimate of drug-likeness (QED) is 0.911. The number of hydrogen-bond acceptors (Lipinski definition) is 6. The second-order valence-corrected chi connectivity index (χ2v) is 5.85. The standard InChI is InChI=1S/C16H22N6O2/c1-12(14-5-3-4-6-17-14)21-7-9-22(10-8-21)16(23)18-11-15-19-13(2)20-24-15/h3-6,12H,7-11H2,1-2H3,(H,18,23)/t12-/m1/s1. The van der Waals surface area contributed by atoms with Crippen LogP contribution in [0.25, 0.3) is 0 Å². The molecule has 2 amide bonds. The van der Waals surface area contributed by atoms with Crippen LogP contribution in [0.1, 0.15) is 30.4 Å². The molecule has 3 heterocycles. The summed E-state index contributed by atoms with van der Waals surface area (Å²) in [6, 6.07) is 6.11. The molecule has 8 heteroatoms. The smallest absolute Gasteiger partial charge is 0.317 e. The number of nitrogens with zero attached hydrogens (tertiary/aromatic N) is 5. The Morgan fingerprint density at radius 1 is 1.33 bits per heavy atom. The third kappa shape index (κ3) is 3.88. The second kappa shape index (κ2) is 7.39. The maximum Gasteiger partial charge on any atom is 0.317 e. The van der Waals surface area contributed by atoms with E-state index in [-0.39, 0.29) is 18.6 Å². The highest BCUT2D eigenvalue weighted by molar-refractivity contribution is 5.74. The van der Waals surface area contributed by atoms with Crippen molar-refractivity contribution in [2.45, 2.75) is 26.4 Å². The van der Waals surface area contributed by atoms with Gasteiger partial charge in [-0.3, -0.25) is 9.88 Å². The monoisotopic (exact) mass is 330 g/mol. The molecule has 1 N–H and O–H groups in total. The highest BCUT2D eigenvalue weighted by atomic mass is 16.5. The normalized spacial score (nSPS) is 16.8. The minimum Gasteiger partial charge on any atom is -0.337 e. The predicted octanol–water partition coefficient (Wildman–Crippen LogP) is 1.36. The van der Waals surface area contributed by atoms with Crippen molar-refractivity contribution >= 4 is 6.03 Å². The number of nitrogens with one attached hydrogen (secondary N) is 1. The fraction of sp³-hybridized carbons (Fsp3) is 0.500. The number of aromatic nitrogens is 3. The van der Waals surface area contributed by atoms with Gasteiger partial charge in [-0.2, -0.15) is 4.98 Å². The van der Waals surface area contributed by atoms with E-state index in [0.717, 1.165) is 18.8 Å². The molecule has 128 valence electrons. The fourth-order valence-corrected chi connectivity index (χ4v) is 2.80. The fourth-order valence-electron chi connectivity index (χ4n) is 2.80. The Balaban J connectivity index is 1.47. The van der Waals surface area contributed by atoms with Gasteiger partial charge in [0.05, 0.1) is 12.2 Å². The third-order valence-corrected chi connectivity index (χ3v) is 4.23. The number of hydrogen-bond donors (Lipinski definition) is 1. The second-order valence-electron chi connectivity index (χ2n) is 5.85. The van der Waals surface area contributed by atoms with Crippen LogP contribution < -0.4 is 5.32 Å². The molecule has 1 fully saturated rings. The predicted molar refractivity (Wildman–Crippen MR) is 87.1 cm³/mol. The van der Waals surface area contributed by atoms with Crippen LogP contribution in [0.2, 0.25) is 0 Å². The lowest BCUT2D eigenvalue weighted by Crippen LogP contribution is -2.52. The topological polar surface area (TPSA) is 87.4 Å². The molecule has 2 aromatic rings. The van der Waals surface area contributed by atoms with E-state index in [1.54, 1.807) is 6.92 Å². The van der Waals surface area contributed by atoms with E-state index in [0.29, 0.717) is 24.8 Å². The van der Waals surface area contributed by atoms with Crippen molar-refractivity contribution in [3.8, 4) is 0 Å². The molecule has 0 aliphatic carbocycles. The van der Waals surface area contributed by atoms with E-state index >= 15 is 0 Å². The molecule has 1 aliphatic rings. The number of carbonyl (C=O) groups is 1. The molecule has 1 aliphatic heterocycles. The number of pyridine rings is 1. The molecule has 0 spiro atoms. The van der Waals surface area contributed by atoms with E-state index in [2.05, 4.69) is 32.3 Å². The van der Waals surface area contributed by atoms with Crippen molar-refractivity contribution in [3.05, 3.63) is 41.8 Å². The van der Waals surface area contributed by atoms with Gasteiger partial charge in [-0.1, -0.05) is 11.2 Å². The summed E-state index contributed by atoms with van der Waals surface area (Å²) in [6.07, 6.45) is 1.81. The van der Waals surface area contributed by atoms with Crippen LogP contribution in [0.4, 0.5) is 4.79 Å². The van der Waals surface area contributed by atoms with Gasteiger partial charge >= 0.3 is 6.03 Å². The molecular formula is C16H22N6O2. The van der Waals surface area contributed by atoms with Gasteiger partial charge in [0.25, 0.3) is 0 Å². The van der Waals surface area contributed by atoms with Crippen LogP contribution in [0, 0.1) is 6.92 Å². The van der Waals surface area contributed by atoms with Gasteiger partial charge in [0, 0.05) is 38.4 Å². The highest BCUT2D eigenvalue weighted by Gasteiger charge is 2.25. The number of carbonyl (C=O) groups excluding carboxylic acids is 1. The van der Waals surface area contributed by atoms with Crippen LogP contribution in [0.3, 0.4) is 0 Å². The van der Waals surface area contributed by atoms with Crippen molar-refractivity contribution in [1.82, 2.24) is 30.2 Å². The van der Waals surface area contributed by atoms with Gasteiger partial charge in [-0.05, 0) is 26.0 Å². The summed E-state index contributed by atoms with van der Waals surface area (Å²) in [7, 11) is 0. The number of amides is 2. The van der Waals surface area contributed by atoms with E-state index in [1.165, 1.54) is 0 Å². The van der Waals surface area contributed by atoms with Crippen molar-refractivity contribution in [3.63, 3.8) is 0 Å². The third-order valence-electron chi connectivity index (χ3n) is 4.23. The summed E-state index contributed by atoms with van der Waals surface area (Å²) in [5, 5.41) is 6.52. The minimum atomic E-state index is -0.101. The number of urea groups is 1. The molecule has 0 saturated carbocycles. The van der Waals surface area contributed by atoms with Crippen molar-refractivity contribution in [2.75, 3.05) is 26.2 Å². The average molecular weight is 330 g/mol. The summed E-state index contributed by atoms with van der Waals surface area (Å²) in [5.74, 6) is 0.986. The van der Waals surface area contributed by atoms with Crippen LogP contribution >= 0.6 is 0 Å². The molecule has 1 saturated heterocycles. The lowest BCUT2D eigenvalue weighted by atomic mass is 10.1. The molecule has 0 aromatic carbocycles. The summed E-state index contributed by atoms with van der Waals surface area (Å²) < 4.78 is 4.99. The summed E-state index contributed by atoms with van der Waals surface area (Å²) in [6.45, 7) is 7.17.